The molecule has 0 amide bonds. The summed E-state index contributed by atoms with van der Waals surface area (Å²) < 4.78 is 0. The summed E-state index contributed by atoms with van der Waals surface area (Å²) in [4.78, 5) is 7.84. The lowest BCUT2D eigenvalue weighted by Crippen LogP contribution is -1.99. The van der Waals surface area contributed by atoms with Crippen LogP contribution in [0.25, 0.3) is 0 Å². The van der Waals surface area contributed by atoms with E-state index in [9.17, 15) is 0 Å². The molecule has 8 heavy (non-hydrogen) atoms. The Kier molecular flexibility index (Phi) is 1.75. The smallest absolute Gasteiger partial charge is 0.141 e. The van der Waals surface area contributed by atoms with Crippen LogP contribution in [-0.4, -0.2) is 30.3 Å². The second-order valence-electron chi connectivity index (χ2n) is 1.59. The molecule has 1 aliphatic heterocycles. The van der Waals surface area contributed by atoms with Crippen molar-refractivity contribution < 1.29 is 5.11 Å². The molecule has 0 aliphatic carbocycles. The standard InChI is InChI=1S/C5H8N2O/c8-4-1-5-6-2-3-7-5/h2-3,5,8H,1,4H2. The molecule has 0 aromatic rings. The van der Waals surface area contributed by atoms with Crippen molar-refractivity contribution in [1.29, 1.82) is 0 Å². The Morgan fingerprint density at radius 3 is 2.50 bits per heavy atom. The summed E-state index contributed by atoms with van der Waals surface area (Å²) in [6, 6.07) is 0. The van der Waals surface area contributed by atoms with Gasteiger partial charge in [-0.2, -0.15) is 0 Å². The van der Waals surface area contributed by atoms with E-state index in [1.54, 1.807) is 12.4 Å². The molecular weight excluding hydrogens is 104 g/mol. The molecule has 1 N–H and O–H groups in total. The van der Waals surface area contributed by atoms with Crippen molar-refractivity contribution in [3.8, 4) is 0 Å². The largest absolute Gasteiger partial charge is 0.396 e. The van der Waals surface area contributed by atoms with Gasteiger partial charge < -0.3 is 5.11 Å². The SMILES string of the molecule is OCCC1N=CC=N1. The lowest BCUT2D eigenvalue weighted by Gasteiger charge is -1.96. The van der Waals surface area contributed by atoms with Gasteiger partial charge in [-0.3, -0.25) is 9.98 Å². The molecule has 0 bridgehead atoms. The van der Waals surface area contributed by atoms with Crippen LogP contribution in [0.2, 0.25) is 0 Å². The summed E-state index contributed by atoms with van der Waals surface area (Å²) in [6.45, 7) is 0.166. The number of hydrogen-bond donors (Lipinski definition) is 1. The molecule has 1 heterocycles. The molecule has 0 saturated carbocycles. The number of aliphatic hydroxyl groups is 1. The van der Waals surface area contributed by atoms with Crippen LogP contribution in [0.15, 0.2) is 9.98 Å². The van der Waals surface area contributed by atoms with Crippen molar-refractivity contribution in [3.05, 3.63) is 0 Å². The summed E-state index contributed by atoms with van der Waals surface area (Å²) in [5, 5.41) is 8.38. The number of hydrogen-bond acceptors (Lipinski definition) is 3. The van der Waals surface area contributed by atoms with Crippen molar-refractivity contribution in [3.63, 3.8) is 0 Å². The molecule has 0 fully saturated rings. The van der Waals surface area contributed by atoms with E-state index >= 15 is 0 Å². The summed E-state index contributed by atoms with van der Waals surface area (Å²) in [5.74, 6) is 0. The van der Waals surface area contributed by atoms with Gasteiger partial charge in [0.1, 0.15) is 6.17 Å². The average molecular weight is 112 g/mol. The lowest BCUT2D eigenvalue weighted by atomic mass is 10.4. The summed E-state index contributed by atoms with van der Waals surface area (Å²) >= 11 is 0. The van der Waals surface area contributed by atoms with Crippen molar-refractivity contribution in [1.82, 2.24) is 0 Å². The van der Waals surface area contributed by atoms with Gasteiger partial charge in [0.2, 0.25) is 0 Å². The molecule has 0 saturated heterocycles. The van der Waals surface area contributed by atoms with E-state index in [-0.39, 0.29) is 12.8 Å². The lowest BCUT2D eigenvalue weighted by molar-refractivity contribution is 0.278. The highest BCUT2D eigenvalue weighted by molar-refractivity contribution is 6.17. The van der Waals surface area contributed by atoms with Gasteiger partial charge in [0.25, 0.3) is 0 Å². The molecule has 0 spiro atoms. The van der Waals surface area contributed by atoms with E-state index in [1.807, 2.05) is 0 Å². The minimum absolute atomic E-state index is 0.000000000000000222. The fourth-order valence-electron chi connectivity index (χ4n) is 0.579. The second kappa shape index (κ2) is 2.57. The number of aliphatic hydroxyl groups excluding tert-OH is 1. The van der Waals surface area contributed by atoms with Crippen molar-refractivity contribution >= 4 is 12.4 Å². The van der Waals surface area contributed by atoms with Crippen LogP contribution in [0.5, 0.6) is 0 Å². The fraction of sp³-hybridized carbons (Fsp3) is 0.600. The number of rotatable bonds is 2. The maximum Gasteiger partial charge on any atom is 0.141 e. The molecule has 3 nitrogen and oxygen atoms in total. The zero-order chi connectivity index (χ0) is 5.82. The predicted octanol–water partition coefficient (Wildman–Crippen LogP) is -0.150. The van der Waals surface area contributed by atoms with Gasteiger partial charge in [-0.15, -0.1) is 0 Å². The maximum atomic E-state index is 8.38. The molecule has 0 radical (unpaired) electrons. The second-order valence-corrected chi connectivity index (χ2v) is 1.59. The normalized spacial score (nSPS) is 18.1. The highest BCUT2D eigenvalue weighted by Gasteiger charge is 2.02. The molecule has 1 aliphatic rings. The average Bonchev–Trinajstić information content (AvgIpc) is 2.19. The van der Waals surface area contributed by atoms with E-state index in [1.165, 1.54) is 0 Å². The van der Waals surface area contributed by atoms with Gasteiger partial charge in [0.15, 0.2) is 0 Å². The van der Waals surface area contributed by atoms with Gasteiger partial charge in [0.05, 0.1) is 0 Å². The highest BCUT2D eigenvalue weighted by Crippen LogP contribution is 2.00. The van der Waals surface area contributed by atoms with E-state index in [2.05, 4.69) is 9.98 Å². The highest BCUT2D eigenvalue weighted by atomic mass is 16.3. The maximum absolute atomic E-state index is 8.38. The molecule has 1 rings (SSSR count). The number of nitrogens with zero attached hydrogens (tertiary/aromatic N) is 2. The molecule has 0 aromatic heterocycles. The minimum atomic E-state index is -0.000000000000000222. The first-order valence-electron chi connectivity index (χ1n) is 2.59. The van der Waals surface area contributed by atoms with E-state index in [0.29, 0.717) is 6.42 Å². The van der Waals surface area contributed by atoms with Gasteiger partial charge in [-0.25, -0.2) is 0 Å². The van der Waals surface area contributed by atoms with Crippen LogP contribution in [-0.2, 0) is 0 Å². The first-order valence-corrected chi connectivity index (χ1v) is 2.59. The van der Waals surface area contributed by atoms with Crippen LogP contribution in [0.4, 0.5) is 0 Å². The minimum Gasteiger partial charge on any atom is -0.396 e. The fourth-order valence-corrected chi connectivity index (χ4v) is 0.579. The van der Waals surface area contributed by atoms with Crippen LogP contribution < -0.4 is 0 Å². The van der Waals surface area contributed by atoms with Crippen molar-refractivity contribution in [2.75, 3.05) is 6.61 Å². The van der Waals surface area contributed by atoms with Crippen molar-refractivity contribution in [2.45, 2.75) is 12.6 Å². The van der Waals surface area contributed by atoms with Gasteiger partial charge in [0, 0.05) is 25.5 Å². The summed E-state index contributed by atoms with van der Waals surface area (Å²) in [7, 11) is 0. The van der Waals surface area contributed by atoms with Crippen LogP contribution in [0, 0.1) is 0 Å². The molecular formula is C5H8N2O. The van der Waals surface area contributed by atoms with E-state index in [4.69, 9.17) is 5.11 Å². The summed E-state index contributed by atoms with van der Waals surface area (Å²) in [5.41, 5.74) is 0. The Labute approximate surface area is 47.8 Å². The van der Waals surface area contributed by atoms with Crippen molar-refractivity contribution in [2.24, 2.45) is 9.98 Å². The zero-order valence-corrected chi connectivity index (χ0v) is 4.49. The van der Waals surface area contributed by atoms with E-state index in [0.717, 1.165) is 0 Å². The van der Waals surface area contributed by atoms with Crippen LogP contribution >= 0.6 is 0 Å². The Hall–Kier alpha value is -0.700. The Balaban J connectivity index is 2.27. The molecule has 44 valence electrons. The molecule has 0 atom stereocenters. The predicted molar refractivity (Wildman–Crippen MR) is 32.5 cm³/mol. The van der Waals surface area contributed by atoms with Crippen LogP contribution in [0.3, 0.4) is 0 Å². The van der Waals surface area contributed by atoms with Gasteiger partial charge in [-0.1, -0.05) is 0 Å². The Bertz CT molecular complexity index is 108. The van der Waals surface area contributed by atoms with E-state index < -0.39 is 0 Å². The first kappa shape index (κ1) is 5.44. The number of aliphatic imine (C=N–C) groups is 2. The first-order chi connectivity index (χ1) is 3.93. The third kappa shape index (κ3) is 1.13. The van der Waals surface area contributed by atoms with Gasteiger partial charge >= 0.3 is 0 Å². The topological polar surface area (TPSA) is 45.0 Å². The molecule has 3 heteroatoms. The Morgan fingerprint density at radius 1 is 1.38 bits per heavy atom. The zero-order valence-electron chi connectivity index (χ0n) is 4.49. The third-order valence-electron chi connectivity index (χ3n) is 0.970. The van der Waals surface area contributed by atoms with Gasteiger partial charge in [-0.05, 0) is 0 Å². The summed E-state index contributed by atoms with van der Waals surface area (Å²) in [6.07, 6.45) is 3.95. The molecule has 0 unspecified atom stereocenters. The third-order valence-corrected chi connectivity index (χ3v) is 0.970. The van der Waals surface area contributed by atoms with Crippen LogP contribution in [0.1, 0.15) is 6.42 Å². The Morgan fingerprint density at radius 2 is 2.00 bits per heavy atom. The monoisotopic (exact) mass is 112 g/mol. The quantitative estimate of drug-likeness (QED) is 0.530. The molecule has 0 aromatic carbocycles.